The van der Waals surface area contributed by atoms with Crippen LogP contribution in [0.15, 0.2) is 36.4 Å². The van der Waals surface area contributed by atoms with Crippen molar-refractivity contribution in [1.29, 1.82) is 0 Å². The number of nitrogens with one attached hydrogen (secondary N) is 1. The summed E-state index contributed by atoms with van der Waals surface area (Å²) in [5.74, 6) is -0.671. The van der Waals surface area contributed by atoms with Crippen LogP contribution >= 0.6 is 0 Å². The maximum Gasteiger partial charge on any atom is 0.527 e. The molecule has 13 heteroatoms. The molecule has 4 rings (SSSR count). The fraction of sp³-hybridized carbons (Fsp3) is 0.588. The van der Waals surface area contributed by atoms with E-state index in [1.165, 1.54) is 11.1 Å². The van der Waals surface area contributed by atoms with E-state index < -0.39 is 29.7 Å². The molecule has 2 amide bonds. The second-order valence-corrected chi connectivity index (χ2v) is 13.3. The molecule has 13 nitrogen and oxygen atoms in total. The van der Waals surface area contributed by atoms with Crippen molar-refractivity contribution in [1.82, 2.24) is 25.2 Å². The van der Waals surface area contributed by atoms with E-state index in [1.54, 1.807) is 25.7 Å². The normalized spacial score (nSPS) is 16.4. The molecule has 0 unspecified atom stereocenters. The Bertz CT molecular complexity index is 1370. The fourth-order valence-electron chi connectivity index (χ4n) is 5.23. The number of esters is 1. The number of hydrogen-bond acceptors (Lipinski definition) is 11. The van der Waals surface area contributed by atoms with Gasteiger partial charge < -0.3 is 29.3 Å². The van der Waals surface area contributed by atoms with Gasteiger partial charge in [0.1, 0.15) is 23.4 Å². The van der Waals surface area contributed by atoms with Gasteiger partial charge in [0.25, 0.3) is 5.91 Å². The highest BCUT2D eigenvalue weighted by Crippen LogP contribution is 2.26. The van der Waals surface area contributed by atoms with Gasteiger partial charge in [0, 0.05) is 31.1 Å². The van der Waals surface area contributed by atoms with E-state index in [0.717, 1.165) is 25.7 Å². The Morgan fingerprint density at radius 2 is 1.66 bits per heavy atom. The lowest BCUT2D eigenvalue weighted by Gasteiger charge is -2.35. The van der Waals surface area contributed by atoms with Crippen molar-refractivity contribution in [2.75, 3.05) is 32.8 Å². The molecule has 1 aromatic heterocycles. The van der Waals surface area contributed by atoms with Gasteiger partial charge in [-0.2, -0.15) is 4.98 Å². The van der Waals surface area contributed by atoms with E-state index in [2.05, 4.69) is 15.3 Å². The van der Waals surface area contributed by atoms with Crippen LogP contribution in [0, 0.1) is 5.92 Å². The quantitative estimate of drug-likeness (QED) is 0.322. The first-order valence-corrected chi connectivity index (χ1v) is 16.4. The lowest BCUT2D eigenvalue weighted by atomic mass is 10.1. The second kappa shape index (κ2) is 16.5. The molecule has 1 saturated heterocycles. The number of rotatable bonds is 12. The molecule has 1 saturated carbocycles. The molecule has 2 heterocycles. The van der Waals surface area contributed by atoms with Crippen LogP contribution in [0.1, 0.15) is 83.6 Å². The van der Waals surface area contributed by atoms with Crippen LogP contribution in [-0.2, 0) is 23.9 Å². The molecule has 256 valence electrons. The highest BCUT2D eigenvalue weighted by Gasteiger charge is 2.32. The van der Waals surface area contributed by atoms with Crippen molar-refractivity contribution in [3.05, 3.63) is 42.1 Å². The van der Waals surface area contributed by atoms with Crippen LogP contribution in [0.3, 0.4) is 0 Å². The van der Waals surface area contributed by atoms with Crippen LogP contribution in [-0.4, -0.2) is 94.4 Å². The number of carbonyl (C=O) groups excluding carboxylic acids is 4. The Balaban J connectivity index is 1.49. The lowest BCUT2D eigenvalue weighted by molar-refractivity contribution is -0.158. The summed E-state index contributed by atoms with van der Waals surface area (Å²) in [5.41, 5.74) is 0.0565. The summed E-state index contributed by atoms with van der Waals surface area (Å²) >= 11 is 0. The first-order valence-electron chi connectivity index (χ1n) is 16.4. The van der Waals surface area contributed by atoms with Gasteiger partial charge in [-0.3, -0.25) is 14.4 Å². The first kappa shape index (κ1) is 35.6. The first-order chi connectivity index (χ1) is 22.4. The average Bonchev–Trinajstić information content (AvgIpc) is 3.54. The van der Waals surface area contributed by atoms with Crippen LogP contribution in [0.2, 0.25) is 0 Å². The maximum atomic E-state index is 13.8. The Kier molecular flexibility index (Phi) is 12.5. The number of hydroxylamine groups is 2. The van der Waals surface area contributed by atoms with E-state index in [1.807, 2.05) is 44.2 Å². The Morgan fingerprint density at radius 3 is 2.30 bits per heavy atom. The number of ether oxygens (including phenoxy) is 3. The molecule has 1 aliphatic carbocycles. The molecular formula is C34H47N5O8. The monoisotopic (exact) mass is 653 g/mol. The third-order valence-corrected chi connectivity index (χ3v) is 7.51. The van der Waals surface area contributed by atoms with E-state index in [-0.39, 0.29) is 75.1 Å². The maximum absolute atomic E-state index is 13.8. The number of piperazine rings is 1. The average molecular weight is 654 g/mol. The fourth-order valence-corrected chi connectivity index (χ4v) is 5.23. The molecule has 1 aromatic carbocycles. The molecule has 0 radical (unpaired) electrons. The molecule has 2 aliphatic rings. The highest BCUT2D eigenvalue weighted by atomic mass is 16.8. The van der Waals surface area contributed by atoms with Crippen molar-refractivity contribution in [3.63, 3.8) is 0 Å². The number of carbonyl (C=O) groups is 4. The van der Waals surface area contributed by atoms with Gasteiger partial charge >= 0.3 is 12.1 Å². The minimum Gasteiger partial charge on any atom is -0.474 e. The van der Waals surface area contributed by atoms with Crippen LogP contribution in [0.4, 0.5) is 4.79 Å². The summed E-state index contributed by atoms with van der Waals surface area (Å²) in [6.07, 6.45) is 3.09. The highest BCUT2D eigenvalue weighted by molar-refractivity contribution is 5.96. The SMILES string of the molecule is CC(C)COC(=O)ON1CCN(C(=O)[C@H](CCC(=O)OC(C)(C)C)NC(=O)c2cc(OC3CCCC3)nc(-c3ccccc3)n2)CC1. The summed E-state index contributed by atoms with van der Waals surface area (Å²) in [6.45, 7) is 10.4. The molecule has 1 aliphatic heterocycles. The largest absolute Gasteiger partial charge is 0.527 e. The molecule has 1 N–H and O–H groups in total. The molecule has 2 fully saturated rings. The Labute approximate surface area is 276 Å². The summed E-state index contributed by atoms with van der Waals surface area (Å²) in [6, 6.07) is 9.72. The number of nitrogens with zero attached hydrogens (tertiary/aromatic N) is 4. The van der Waals surface area contributed by atoms with Gasteiger partial charge in [-0.25, -0.2) is 9.78 Å². The standard InChI is InChI=1S/C34H47N5O8/c1-23(2)22-44-33(43)47-39-19-17-38(18-20-39)32(42)26(15-16-29(40)46-34(3,4)5)36-31(41)27-21-28(45-25-13-9-10-14-25)37-30(35-27)24-11-7-6-8-12-24/h6-8,11-12,21,23,25-26H,9-10,13-20,22H2,1-5H3,(H,36,41)/t26-/m0/s1. The van der Waals surface area contributed by atoms with Crippen molar-refractivity contribution >= 4 is 23.9 Å². The zero-order valence-electron chi connectivity index (χ0n) is 28.0. The zero-order chi connectivity index (χ0) is 34.0. The van der Waals surface area contributed by atoms with Crippen LogP contribution < -0.4 is 10.1 Å². The summed E-state index contributed by atoms with van der Waals surface area (Å²) in [7, 11) is 0. The van der Waals surface area contributed by atoms with E-state index in [4.69, 9.17) is 19.0 Å². The topological polar surface area (TPSA) is 149 Å². The van der Waals surface area contributed by atoms with E-state index in [0.29, 0.717) is 11.4 Å². The van der Waals surface area contributed by atoms with Crippen LogP contribution in [0.5, 0.6) is 5.88 Å². The third kappa shape index (κ3) is 11.5. The minimum absolute atomic E-state index is 0.00676. The Hall–Kier alpha value is -4.26. The molecule has 0 bridgehead atoms. The summed E-state index contributed by atoms with van der Waals surface area (Å²) in [5, 5.41) is 4.26. The predicted octanol–water partition coefficient (Wildman–Crippen LogP) is 4.55. The molecular weight excluding hydrogens is 606 g/mol. The minimum atomic E-state index is -1.05. The smallest absolute Gasteiger partial charge is 0.474 e. The van der Waals surface area contributed by atoms with Crippen molar-refractivity contribution in [2.45, 2.75) is 90.9 Å². The van der Waals surface area contributed by atoms with Gasteiger partial charge in [-0.1, -0.05) is 44.2 Å². The number of aromatic nitrogens is 2. The predicted molar refractivity (Wildman–Crippen MR) is 172 cm³/mol. The van der Waals surface area contributed by atoms with Gasteiger partial charge in [0.15, 0.2) is 5.82 Å². The number of benzene rings is 1. The van der Waals surface area contributed by atoms with Crippen molar-refractivity contribution in [2.24, 2.45) is 5.92 Å². The van der Waals surface area contributed by atoms with Gasteiger partial charge in [0.05, 0.1) is 19.7 Å². The number of hydrogen-bond donors (Lipinski definition) is 1. The third-order valence-electron chi connectivity index (χ3n) is 7.51. The van der Waals surface area contributed by atoms with E-state index >= 15 is 0 Å². The van der Waals surface area contributed by atoms with Gasteiger partial charge in [0.2, 0.25) is 11.8 Å². The Morgan fingerprint density at radius 1 is 0.979 bits per heavy atom. The van der Waals surface area contributed by atoms with Crippen molar-refractivity contribution in [3.8, 4) is 17.3 Å². The van der Waals surface area contributed by atoms with Crippen molar-refractivity contribution < 1.29 is 38.2 Å². The van der Waals surface area contributed by atoms with Gasteiger partial charge in [-0.15, -0.1) is 5.06 Å². The zero-order valence-corrected chi connectivity index (χ0v) is 28.0. The van der Waals surface area contributed by atoms with Crippen LogP contribution in [0.25, 0.3) is 11.4 Å². The molecule has 2 aromatic rings. The van der Waals surface area contributed by atoms with Gasteiger partial charge in [-0.05, 0) is 58.8 Å². The lowest BCUT2D eigenvalue weighted by Crippen LogP contribution is -2.55. The summed E-state index contributed by atoms with van der Waals surface area (Å²) in [4.78, 5) is 68.1. The van der Waals surface area contributed by atoms with E-state index in [9.17, 15) is 19.2 Å². The number of amides is 2. The molecule has 0 spiro atoms. The molecule has 47 heavy (non-hydrogen) atoms. The molecule has 1 atom stereocenters. The summed E-state index contributed by atoms with van der Waals surface area (Å²) < 4.78 is 16.7. The second-order valence-electron chi connectivity index (χ2n) is 13.3.